The van der Waals surface area contributed by atoms with Crippen LogP contribution in [-0.4, -0.2) is 34.1 Å². The van der Waals surface area contributed by atoms with Crippen molar-refractivity contribution in [2.75, 3.05) is 19.6 Å². The second-order valence-electron chi connectivity index (χ2n) is 8.95. The molecule has 170 valence electrons. The van der Waals surface area contributed by atoms with Gasteiger partial charge in [0.2, 0.25) is 10.0 Å². The van der Waals surface area contributed by atoms with Crippen LogP contribution in [0.15, 0.2) is 84.5 Å². The van der Waals surface area contributed by atoms with Crippen LogP contribution in [-0.2, 0) is 20.2 Å². The molecule has 4 N–H and O–H groups in total. The fourth-order valence-electron chi connectivity index (χ4n) is 5.42. The van der Waals surface area contributed by atoms with E-state index in [9.17, 15) is 8.42 Å². The molecule has 4 rings (SSSR count). The van der Waals surface area contributed by atoms with Crippen LogP contribution in [0.1, 0.15) is 37.3 Å². The van der Waals surface area contributed by atoms with Crippen LogP contribution in [0.4, 0.5) is 0 Å². The van der Waals surface area contributed by atoms with Crippen molar-refractivity contribution in [3.8, 4) is 0 Å². The third-order valence-corrected chi connectivity index (χ3v) is 8.54. The standard InChI is InChI=1S/C26H33N3O2S/c1-21-14-15-26(32(27,30)31,23-11-6-3-7-12-23)25(19-21,22-9-4-2-5-10-22)16-18-28-20-24-13-8-17-29-24/h2-7,9-12,14-15,19,24,28-29H,8,13,16-18,20H2,1H3,(H2,27,30,31)/t24-,25-,26-/m0/s1. The van der Waals surface area contributed by atoms with Gasteiger partial charge in [-0.1, -0.05) is 84.5 Å². The van der Waals surface area contributed by atoms with Crippen molar-refractivity contribution in [2.24, 2.45) is 5.14 Å². The maximum absolute atomic E-state index is 13.5. The Labute approximate surface area is 191 Å². The molecule has 1 aliphatic carbocycles. The third-order valence-electron chi connectivity index (χ3n) is 6.91. The zero-order chi connectivity index (χ0) is 22.7. The number of nitrogens with two attached hydrogens (primary N) is 1. The summed E-state index contributed by atoms with van der Waals surface area (Å²) in [6.07, 6.45) is 8.76. The topological polar surface area (TPSA) is 84.2 Å². The highest BCUT2D eigenvalue weighted by Crippen LogP contribution is 2.54. The van der Waals surface area contributed by atoms with Crippen molar-refractivity contribution < 1.29 is 8.42 Å². The Kier molecular flexibility index (Phi) is 6.67. The predicted octanol–water partition coefficient (Wildman–Crippen LogP) is 3.36. The summed E-state index contributed by atoms with van der Waals surface area (Å²) in [6.45, 7) is 4.63. The minimum atomic E-state index is -4.04. The summed E-state index contributed by atoms with van der Waals surface area (Å²) in [5.41, 5.74) is 1.81. The van der Waals surface area contributed by atoms with Crippen LogP contribution in [0.3, 0.4) is 0 Å². The third kappa shape index (κ3) is 4.08. The molecule has 1 aliphatic heterocycles. The lowest BCUT2D eigenvalue weighted by molar-refractivity contribution is 0.368. The first-order valence-corrected chi connectivity index (χ1v) is 12.9. The van der Waals surface area contributed by atoms with E-state index in [0.717, 1.165) is 24.2 Å². The van der Waals surface area contributed by atoms with Gasteiger partial charge in [-0.25, -0.2) is 13.6 Å². The molecular formula is C26H33N3O2S. The molecule has 5 nitrogen and oxygen atoms in total. The zero-order valence-corrected chi connectivity index (χ0v) is 19.4. The van der Waals surface area contributed by atoms with E-state index in [1.807, 2.05) is 73.7 Å². The Hall–Kier alpha value is -2.25. The van der Waals surface area contributed by atoms with Gasteiger partial charge in [0, 0.05) is 18.0 Å². The molecular weight excluding hydrogens is 418 g/mol. The second-order valence-corrected chi connectivity index (χ2v) is 10.7. The lowest BCUT2D eigenvalue weighted by atomic mass is 9.62. The lowest BCUT2D eigenvalue weighted by Crippen LogP contribution is -2.56. The van der Waals surface area contributed by atoms with E-state index in [-0.39, 0.29) is 0 Å². The van der Waals surface area contributed by atoms with Crippen molar-refractivity contribution in [3.05, 3.63) is 95.6 Å². The first-order valence-electron chi connectivity index (χ1n) is 11.4. The highest BCUT2D eigenvalue weighted by atomic mass is 32.2. The highest BCUT2D eigenvalue weighted by Gasteiger charge is 2.58. The van der Waals surface area contributed by atoms with Gasteiger partial charge in [-0.2, -0.15) is 0 Å². The van der Waals surface area contributed by atoms with Gasteiger partial charge in [-0.15, -0.1) is 0 Å². The molecule has 2 aromatic rings. The van der Waals surface area contributed by atoms with Crippen LogP contribution < -0.4 is 15.8 Å². The molecule has 0 spiro atoms. The Morgan fingerprint density at radius 2 is 1.72 bits per heavy atom. The Bertz CT molecular complexity index is 1080. The molecule has 3 atom stereocenters. The van der Waals surface area contributed by atoms with E-state index in [0.29, 0.717) is 24.6 Å². The summed E-state index contributed by atoms with van der Waals surface area (Å²) in [7, 11) is -4.04. The monoisotopic (exact) mass is 451 g/mol. The van der Waals surface area contributed by atoms with Crippen molar-refractivity contribution >= 4 is 10.0 Å². The fraction of sp³-hybridized carbons (Fsp3) is 0.385. The normalized spacial score (nSPS) is 27.9. The maximum Gasteiger partial charge on any atom is 0.223 e. The summed E-state index contributed by atoms with van der Waals surface area (Å²) in [5, 5.41) is 13.2. The van der Waals surface area contributed by atoms with E-state index in [1.165, 1.54) is 12.8 Å². The summed E-state index contributed by atoms with van der Waals surface area (Å²) in [6, 6.07) is 19.8. The Morgan fingerprint density at radius 1 is 1.06 bits per heavy atom. The number of primary sulfonamides is 1. The van der Waals surface area contributed by atoms with Crippen molar-refractivity contribution in [1.82, 2.24) is 10.6 Å². The van der Waals surface area contributed by atoms with Gasteiger partial charge in [0.05, 0.1) is 0 Å². The average molecular weight is 452 g/mol. The first kappa shape index (κ1) is 22.9. The molecule has 2 aliphatic rings. The molecule has 0 aromatic heterocycles. The molecule has 0 bridgehead atoms. The molecule has 6 heteroatoms. The van der Waals surface area contributed by atoms with Gasteiger partial charge in [0.25, 0.3) is 0 Å². The smallest absolute Gasteiger partial charge is 0.223 e. The number of nitrogens with one attached hydrogen (secondary N) is 2. The van der Waals surface area contributed by atoms with Crippen LogP contribution in [0.5, 0.6) is 0 Å². The van der Waals surface area contributed by atoms with E-state index in [2.05, 4.69) is 16.7 Å². The number of hydrogen-bond acceptors (Lipinski definition) is 4. The fourth-order valence-corrected chi connectivity index (χ4v) is 6.93. The molecule has 0 unspecified atom stereocenters. The molecule has 0 saturated carbocycles. The van der Waals surface area contributed by atoms with E-state index >= 15 is 0 Å². The van der Waals surface area contributed by atoms with Crippen LogP contribution >= 0.6 is 0 Å². The molecule has 0 amide bonds. The van der Waals surface area contributed by atoms with Crippen molar-refractivity contribution in [1.29, 1.82) is 0 Å². The van der Waals surface area contributed by atoms with E-state index in [1.54, 1.807) is 6.08 Å². The van der Waals surface area contributed by atoms with Crippen LogP contribution in [0, 0.1) is 0 Å². The Balaban J connectivity index is 1.83. The molecule has 32 heavy (non-hydrogen) atoms. The lowest BCUT2D eigenvalue weighted by Gasteiger charge is -2.49. The predicted molar refractivity (Wildman–Crippen MR) is 131 cm³/mol. The minimum absolute atomic E-state index is 0.475. The molecule has 2 aromatic carbocycles. The maximum atomic E-state index is 13.5. The van der Waals surface area contributed by atoms with E-state index < -0.39 is 20.2 Å². The number of allylic oxidation sites excluding steroid dienone is 3. The molecule has 1 fully saturated rings. The molecule has 1 saturated heterocycles. The van der Waals surface area contributed by atoms with Gasteiger partial charge in [-0.05, 0) is 50.4 Å². The second kappa shape index (κ2) is 9.32. The first-order chi connectivity index (χ1) is 15.4. The number of hydrogen-bond donors (Lipinski definition) is 3. The van der Waals surface area contributed by atoms with Crippen molar-refractivity contribution in [2.45, 2.75) is 42.4 Å². The molecule has 0 radical (unpaired) electrons. The van der Waals surface area contributed by atoms with Crippen molar-refractivity contribution in [3.63, 3.8) is 0 Å². The minimum Gasteiger partial charge on any atom is -0.315 e. The number of benzene rings is 2. The van der Waals surface area contributed by atoms with Gasteiger partial charge < -0.3 is 10.6 Å². The zero-order valence-electron chi connectivity index (χ0n) is 18.6. The Morgan fingerprint density at radius 3 is 2.31 bits per heavy atom. The highest BCUT2D eigenvalue weighted by molar-refractivity contribution is 7.90. The largest absolute Gasteiger partial charge is 0.315 e. The summed E-state index contributed by atoms with van der Waals surface area (Å²) in [5.74, 6) is 0. The number of rotatable bonds is 8. The van der Waals surface area contributed by atoms with Gasteiger partial charge in [0.1, 0.15) is 4.75 Å². The van der Waals surface area contributed by atoms with Gasteiger partial charge in [-0.3, -0.25) is 0 Å². The van der Waals surface area contributed by atoms with Gasteiger partial charge in [0.15, 0.2) is 0 Å². The van der Waals surface area contributed by atoms with E-state index in [4.69, 9.17) is 5.14 Å². The van der Waals surface area contributed by atoms with Crippen LogP contribution in [0.25, 0.3) is 0 Å². The van der Waals surface area contributed by atoms with Gasteiger partial charge >= 0.3 is 0 Å². The molecule has 1 heterocycles. The summed E-state index contributed by atoms with van der Waals surface area (Å²) >= 11 is 0. The average Bonchev–Trinajstić information content (AvgIpc) is 3.31. The summed E-state index contributed by atoms with van der Waals surface area (Å²) in [4.78, 5) is 0. The van der Waals surface area contributed by atoms with Crippen LogP contribution in [0.2, 0.25) is 0 Å². The summed E-state index contributed by atoms with van der Waals surface area (Å²) < 4.78 is 25.6. The quantitative estimate of drug-likeness (QED) is 0.538. The SMILES string of the molecule is CC1=C[C@@](CCNC[C@@H]2CCCN2)(c2ccccc2)[C@](c2ccccc2)(S(N)(=O)=O)C=C1. The number of sulfonamides is 1.